The van der Waals surface area contributed by atoms with Gasteiger partial charge in [-0.2, -0.15) is 5.10 Å². The van der Waals surface area contributed by atoms with Gasteiger partial charge in [0.25, 0.3) is 0 Å². The molecule has 0 aliphatic heterocycles. The molecule has 100 valence electrons. The Balaban J connectivity index is 1.88. The highest BCUT2D eigenvalue weighted by molar-refractivity contribution is 9.10. The molecule has 0 bridgehead atoms. The molecule has 6 nitrogen and oxygen atoms in total. The van der Waals surface area contributed by atoms with Crippen molar-refractivity contribution in [2.24, 2.45) is 0 Å². The Bertz CT molecular complexity index is 576. The molecule has 2 heterocycles. The van der Waals surface area contributed by atoms with E-state index in [4.69, 9.17) is 5.73 Å². The monoisotopic (exact) mass is 323 g/mol. The minimum Gasteiger partial charge on any atom is -0.381 e. The lowest BCUT2D eigenvalue weighted by Gasteiger charge is -2.05. The molecule has 2 rings (SSSR count). The highest BCUT2D eigenvalue weighted by Crippen LogP contribution is 2.15. The summed E-state index contributed by atoms with van der Waals surface area (Å²) >= 11 is 3.24. The van der Waals surface area contributed by atoms with Crippen LogP contribution in [0.1, 0.15) is 11.3 Å². The standard InChI is InChI=1S/C12H14BrN5O/c1-8-2-3-15-9(4-8)5-16-11(19)7-18-6-10(13)12(14)17-18/h2-4,6H,5,7H2,1H3,(H2,14,17)(H,16,19). The van der Waals surface area contributed by atoms with Crippen molar-refractivity contribution >= 4 is 27.7 Å². The van der Waals surface area contributed by atoms with Gasteiger partial charge in [-0.3, -0.25) is 14.5 Å². The van der Waals surface area contributed by atoms with Crippen molar-refractivity contribution in [3.63, 3.8) is 0 Å². The molecule has 0 atom stereocenters. The first-order valence-electron chi connectivity index (χ1n) is 5.71. The summed E-state index contributed by atoms with van der Waals surface area (Å²) in [7, 11) is 0. The predicted molar refractivity (Wildman–Crippen MR) is 75.2 cm³/mol. The molecule has 0 aromatic carbocycles. The lowest BCUT2D eigenvalue weighted by atomic mass is 10.2. The molecule has 0 aliphatic carbocycles. The number of nitrogen functional groups attached to an aromatic ring is 1. The van der Waals surface area contributed by atoms with Crippen LogP contribution in [0.15, 0.2) is 29.0 Å². The number of rotatable bonds is 4. The van der Waals surface area contributed by atoms with Gasteiger partial charge in [-0.05, 0) is 40.5 Å². The summed E-state index contributed by atoms with van der Waals surface area (Å²) in [5, 5.41) is 6.78. The Hall–Kier alpha value is -1.89. The van der Waals surface area contributed by atoms with Gasteiger partial charge in [0, 0.05) is 12.4 Å². The average Bonchev–Trinajstić information content (AvgIpc) is 2.66. The molecule has 3 N–H and O–H groups in total. The minimum absolute atomic E-state index is 0.127. The molecule has 19 heavy (non-hydrogen) atoms. The van der Waals surface area contributed by atoms with Crippen molar-refractivity contribution in [1.82, 2.24) is 20.1 Å². The number of halogens is 1. The number of anilines is 1. The van der Waals surface area contributed by atoms with Crippen LogP contribution in [0, 0.1) is 6.92 Å². The molecule has 0 aliphatic rings. The van der Waals surface area contributed by atoms with E-state index in [2.05, 4.69) is 31.3 Å². The Morgan fingerprint density at radius 1 is 1.58 bits per heavy atom. The molecule has 0 fully saturated rings. The van der Waals surface area contributed by atoms with Gasteiger partial charge in [-0.15, -0.1) is 0 Å². The van der Waals surface area contributed by atoms with Crippen molar-refractivity contribution in [2.45, 2.75) is 20.0 Å². The number of aromatic nitrogens is 3. The third kappa shape index (κ3) is 3.78. The molecule has 0 unspecified atom stereocenters. The van der Waals surface area contributed by atoms with E-state index < -0.39 is 0 Å². The third-order valence-electron chi connectivity index (χ3n) is 2.49. The fraction of sp³-hybridized carbons (Fsp3) is 0.250. The maximum Gasteiger partial charge on any atom is 0.242 e. The lowest BCUT2D eigenvalue weighted by Crippen LogP contribution is -2.27. The molecule has 7 heteroatoms. The summed E-state index contributed by atoms with van der Waals surface area (Å²) in [6.07, 6.45) is 3.39. The van der Waals surface area contributed by atoms with Gasteiger partial charge in [-0.1, -0.05) is 0 Å². The number of nitrogens with zero attached hydrogens (tertiary/aromatic N) is 3. The van der Waals surface area contributed by atoms with E-state index in [1.165, 1.54) is 4.68 Å². The van der Waals surface area contributed by atoms with E-state index in [9.17, 15) is 4.79 Å². The molecule has 0 saturated carbocycles. The van der Waals surface area contributed by atoms with E-state index in [0.29, 0.717) is 16.8 Å². The Morgan fingerprint density at radius 3 is 3.00 bits per heavy atom. The second-order valence-corrected chi connectivity index (χ2v) is 5.02. The van der Waals surface area contributed by atoms with Crippen LogP contribution in [0.2, 0.25) is 0 Å². The Kier molecular flexibility index (Phi) is 4.16. The molecule has 0 radical (unpaired) electrons. The van der Waals surface area contributed by atoms with Gasteiger partial charge in [0.05, 0.1) is 16.7 Å². The van der Waals surface area contributed by atoms with Crippen LogP contribution in [-0.4, -0.2) is 20.7 Å². The van der Waals surface area contributed by atoms with Crippen molar-refractivity contribution in [1.29, 1.82) is 0 Å². The van der Waals surface area contributed by atoms with Crippen molar-refractivity contribution in [2.75, 3.05) is 5.73 Å². The summed E-state index contributed by atoms with van der Waals surface area (Å²) in [6.45, 7) is 2.51. The van der Waals surface area contributed by atoms with Crippen LogP contribution < -0.4 is 11.1 Å². The zero-order valence-corrected chi connectivity index (χ0v) is 12.0. The largest absolute Gasteiger partial charge is 0.381 e. The Morgan fingerprint density at radius 2 is 2.37 bits per heavy atom. The van der Waals surface area contributed by atoms with Crippen LogP contribution in [0.3, 0.4) is 0 Å². The zero-order valence-electron chi connectivity index (χ0n) is 10.4. The average molecular weight is 324 g/mol. The van der Waals surface area contributed by atoms with Crippen molar-refractivity contribution in [3.8, 4) is 0 Å². The molecule has 0 spiro atoms. The number of nitrogens with one attached hydrogen (secondary N) is 1. The first-order valence-corrected chi connectivity index (χ1v) is 6.50. The number of aryl methyl sites for hydroxylation is 1. The van der Waals surface area contributed by atoms with Gasteiger partial charge in [-0.25, -0.2) is 0 Å². The maximum absolute atomic E-state index is 11.7. The van der Waals surface area contributed by atoms with Crippen LogP contribution in [0.4, 0.5) is 5.82 Å². The van der Waals surface area contributed by atoms with E-state index in [1.54, 1.807) is 12.4 Å². The lowest BCUT2D eigenvalue weighted by molar-refractivity contribution is -0.122. The summed E-state index contributed by atoms with van der Waals surface area (Å²) in [5.41, 5.74) is 7.52. The number of nitrogens with two attached hydrogens (primary N) is 1. The van der Waals surface area contributed by atoms with Crippen molar-refractivity contribution < 1.29 is 4.79 Å². The smallest absolute Gasteiger partial charge is 0.242 e. The predicted octanol–water partition coefficient (Wildman–Crippen LogP) is 1.25. The first kappa shape index (κ1) is 13.5. The van der Waals surface area contributed by atoms with Crippen LogP contribution in [-0.2, 0) is 17.9 Å². The number of amides is 1. The molecule has 2 aromatic heterocycles. The normalized spacial score (nSPS) is 10.4. The van der Waals surface area contributed by atoms with E-state index in [1.807, 2.05) is 19.1 Å². The highest BCUT2D eigenvalue weighted by atomic mass is 79.9. The van der Waals surface area contributed by atoms with E-state index in [0.717, 1.165) is 11.3 Å². The Labute approximate surface area is 119 Å². The molecular weight excluding hydrogens is 310 g/mol. The third-order valence-corrected chi connectivity index (χ3v) is 3.10. The maximum atomic E-state index is 11.7. The van der Waals surface area contributed by atoms with Crippen LogP contribution >= 0.6 is 15.9 Å². The molecular formula is C12H14BrN5O. The van der Waals surface area contributed by atoms with E-state index in [-0.39, 0.29) is 12.5 Å². The number of carbonyl (C=O) groups excluding carboxylic acids is 1. The quantitative estimate of drug-likeness (QED) is 0.886. The number of hydrogen-bond donors (Lipinski definition) is 2. The van der Waals surface area contributed by atoms with Gasteiger partial charge in [0.15, 0.2) is 5.82 Å². The second-order valence-electron chi connectivity index (χ2n) is 4.16. The summed E-state index contributed by atoms with van der Waals surface area (Å²) in [5.74, 6) is 0.228. The summed E-state index contributed by atoms with van der Waals surface area (Å²) in [6, 6.07) is 3.85. The van der Waals surface area contributed by atoms with Gasteiger partial charge >= 0.3 is 0 Å². The first-order chi connectivity index (χ1) is 9.04. The van der Waals surface area contributed by atoms with Crippen LogP contribution in [0.5, 0.6) is 0 Å². The van der Waals surface area contributed by atoms with Gasteiger partial charge in [0.2, 0.25) is 5.91 Å². The van der Waals surface area contributed by atoms with Gasteiger partial charge in [0.1, 0.15) is 6.54 Å². The SMILES string of the molecule is Cc1ccnc(CNC(=O)Cn2cc(Br)c(N)n2)c1. The summed E-state index contributed by atoms with van der Waals surface area (Å²) < 4.78 is 2.17. The molecule has 1 amide bonds. The zero-order chi connectivity index (χ0) is 13.8. The molecule has 0 saturated heterocycles. The number of carbonyl (C=O) groups is 1. The highest BCUT2D eigenvalue weighted by Gasteiger charge is 2.07. The minimum atomic E-state index is -0.140. The topological polar surface area (TPSA) is 85.8 Å². The van der Waals surface area contributed by atoms with Gasteiger partial charge < -0.3 is 11.1 Å². The fourth-order valence-electron chi connectivity index (χ4n) is 1.58. The second kappa shape index (κ2) is 5.83. The number of hydrogen-bond acceptors (Lipinski definition) is 4. The number of pyridine rings is 1. The van der Waals surface area contributed by atoms with E-state index >= 15 is 0 Å². The summed E-state index contributed by atoms with van der Waals surface area (Å²) in [4.78, 5) is 15.9. The van der Waals surface area contributed by atoms with Crippen LogP contribution in [0.25, 0.3) is 0 Å². The molecule has 2 aromatic rings. The fourth-order valence-corrected chi connectivity index (χ4v) is 1.90. The van der Waals surface area contributed by atoms with Crippen molar-refractivity contribution in [3.05, 3.63) is 40.3 Å².